The van der Waals surface area contributed by atoms with Crippen LogP contribution >= 0.6 is 15.8 Å². The highest BCUT2D eigenvalue weighted by Gasteiger charge is 2.12. The first-order valence-corrected chi connectivity index (χ1v) is 12.2. The Labute approximate surface area is 129 Å². The molecule has 122 valence electrons. The Balaban J connectivity index is 3.96. The summed E-state index contributed by atoms with van der Waals surface area (Å²) in [6, 6.07) is 0. The topological polar surface area (TPSA) is 18.5 Å². The van der Waals surface area contributed by atoms with Crippen LogP contribution in [0.25, 0.3) is 0 Å². The molecule has 2 unspecified atom stereocenters. The fourth-order valence-electron chi connectivity index (χ4n) is 2.26. The molecule has 0 saturated heterocycles. The molecule has 0 aromatic rings. The van der Waals surface area contributed by atoms with Crippen LogP contribution < -0.4 is 0 Å². The maximum Gasteiger partial charge on any atom is 0.0505 e. The molecule has 2 atom stereocenters. The molecule has 0 aliphatic carbocycles. The molecular formula is C16H36O2P2. The first-order chi connectivity index (χ1) is 9.78. The Hall–Kier alpha value is 0.780. The van der Waals surface area contributed by atoms with Gasteiger partial charge in [-0.15, -0.1) is 15.8 Å². The van der Waals surface area contributed by atoms with E-state index in [1.165, 1.54) is 49.8 Å². The zero-order valence-corrected chi connectivity index (χ0v) is 16.0. The van der Waals surface area contributed by atoms with Gasteiger partial charge in [0.1, 0.15) is 0 Å². The normalized spacial score (nSPS) is 14.4. The van der Waals surface area contributed by atoms with Crippen molar-refractivity contribution in [2.24, 2.45) is 0 Å². The maximum absolute atomic E-state index is 5.55. The Bertz CT molecular complexity index is 171. The van der Waals surface area contributed by atoms with Gasteiger partial charge in [-0.2, -0.15) is 0 Å². The van der Waals surface area contributed by atoms with Gasteiger partial charge in [-0.05, 0) is 50.8 Å². The third-order valence-corrected chi connectivity index (χ3v) is 9.18. The first-order valence-electron chi connectivity index (χ1n) is 8.38. The van der Waals surface area contributed by atoms with E-state index in [4.69, 9.17) is 9.47 Å². The van der Waals surface area contributed by atoms with Crippen LogP contribution in [0.5, 0.6) is 0 Å². The molecule has 20 heavy (non-hydrogen) atoms. The zero-order valence-electron chi connectivity index (χ0n) is 14.2. The lowest BCUT2D eigenvalue weighted by Crippen LogP contribution is -2.08. The molecule has 0 aromatic carbocycles. The molecular weight excluding hydrogens is 288 g/mol. The molecule has 2 nitrogen and oxygen atoms in total. The monoisotopic (exact) mass is 324 g/mol. The summed E-state index contributed by atoms with van der Waals surface area (Å²) in [5.41, 5.74) is 0. The summed E-state index contributed by atoms with van der Waals surface area (Å²) in [6.07, 6.45) is 11.1. The van der Waals surface area contributed by atoms with E-state index in [-0.39, 0.29) is 15.8 Å². The quantitative estimate of drug-likeness (QED) is 0.317. The molecule has 0 aromatic heterocycles. The van der Waals surface area contributed by atoms with E-state index in [0.29, 0.717) is 0 Å². The van der Waals surface area contributed by atoms with Crippen LogP contribution in [0.15, 0.2) is 0 Å². The fourth-order valence-corrected chi connectivity index (χ4v) is 7.91. The summed E-state index contributed by atoms with van der Waals surface area (Å²) in [7, 11) is 0.432. The average Bonchev–Trinajstić information content (AvgIpc) is 2.45. The standard InChI is InChI=1S/C16H36O2P2/c1-5-11-19(13-9-17-7-3)15-16-20(12-6-2)14-10-18-8-4/h5-16H2,1-4H3/i15+2. The van der Waals surface area contributed by atoms with Crippen molar-refractivity contribution in [3.05, 3.63) is 0 Å². The molecule has 0 aliphatic rings. The smallest absolute Gasteiger partial charge is 0.0505 e. The Morgan fingerprint density at radius 3 is 1.90 bits per heavy atom. The van der Waals surface area contributed by atoms with Gasteiger partial charge in [0.2, 0.25) is 0 Å². The summed E-state index contributed by atoms with van der Waals surface area (Å²) in [5.74, 6) is 0. The van der Waals surface area contributed by atoms with E-state index >= 15 is 0 Å². The van der Waals surface area contributed by atoms with Gasteiger partial charge in [-0.25, -0.2) is 0 Å². The molecule has 0 bridgehead atoms. The van der Waals surface area contributed by atoms with Gasteiger partial charge in [0.25, 0.3) is 0 Å². The van der Waals surface area contributed by atoms with Gasteiger partial charge in [0.05, 0.1) is 13.2 Å². The highest BCUT2D eigenvalue weighted by atomic mass is 31.1. The molecule has 0 saturated carbocycles. The lowest BCUT2D eigenvalue weighted by molar-refractivity contribution is 0.163. The molecule has 0 rings (SSSR count). The Kier molecular flexibility index (Phi) is 16.8. The van der Waals surface area contributed by atoms with Gasteiger partial charge in [0.15, 0.2) is 0 Å². The molecule has 0 spiro atoms. The summed E-state index contributed by atoms with van der Waals surface area (Å²) in [6.45, 7) is 12.5. The Morgan fingerprint density at radius 1 is 0.750 bits per heavy atom. The van der Waals surface area contributed by atoms with E-state index in [1.54, 1.807) is 0 Å². The molecule has 0 heterocycles. The second-order valence-corrected chi connectivity index (χ2v) is 10.4. The second-order valence-electron chi connectivity index (χ2n) is 5.08. The van der Waals surface area contributed by atoms with Crippen molar-refractivity contribution in [2.45, 2.75) is 40.5 Å². The summed E-state index contributed by atoms with van der Waals surface area (Å²) >= 11 is 0. The third-order valence-electron chi connectivity index (χ3n) is 3.32. The van der Waals surface area contributed by atoms with Crippen molar-refractivity contribution in [3.63, 3.8) is 0 Å². The summed E-state index contributed by atoms with van der Waals surface area (Å²) < 4.78 is 11.1. The molecule has 0 aliphatic heterocycles. The second kappa shape index (κ2) is 16.2. The zero-order chi connectivity index (χ0) is 15.1. The van der Waals surface area contributed by atoms with Gasteiger partial charge in [0, 0.05) is 13.2 Å². The van der Waals surface area contributed by atoms with E-state index in [1.807, 2.05) is 0 Å². The molecule has 0 radical (unpaired) electrons. The van der Waals surface area contributed by atoms with E-state index in [9.17, 15) is 0 Å². The van der Waals surface area contributed by atoms with Crippen LogP contribution in [0.1, 0.15) is 40.5 Å². The molecule has 0 amide bonds. The average molecular weight is 324 g/mol. The van der Waals surface area contributed by atoms with Crippen LogP contribution in [0.4, 0.5) is 0 Å². The number of ether oxygens (including phenoxy) is 2. The predicted molar refractivity (Wildman–Crippen MR) is 96.6 cm³/mol. The minimum Gasteiger partial charge on any atom is -0.381 e. The van der Waals surface area contributed by atoms with Crippen LogP contribution in [0.3, 0.4) is 0 Å². The van der Waals surface area contributed by atoms with Crippen molar-refractivity contribution >= 4 is 15.8 Å². The lowest BCUT2D eigenvalue weighted by atomic mass is 10.6. The highest BCUT2D eigenvalue weighted by molar-refractivity contribution is 7.61. The van der Waals surface area contributed by atoms with Gasteiger partial charge >= 0.3 is 0 Å². The summed E-state index contributed by atoms with van der Waals surface area (Å²) in [5, 5.41) is 0. The fraction of sp³-hybridized carbons (Fsp3) is 1.00. The van der Waals surface area contributed by atoms with Crippen molar-refractivity contribution in [2.75, 3.05) is 63.4 Å². The maximum atomic E-state index is 5.55. The van der Waals surface area contributed by atoms with E-state index in [2.05, 4.69) is 27.7 Å². The van der Waals surface area contributed by atoms with Crippen molar-refractivity contribution in [1.29, 1.82) is 0 Å². The predicted octanol–water partition coefficient (Wildman–Crippen LogP) is 4.84. The van der Waals surface area contributed by atoms with Crippen LogP contribution in [0.2, 0.25) is 0 Å². The number of hydrogen-bond acceptors (Lipinski definition) is 2. The minimum atomic E-state index is 0.216. The molecule has 0 N–H and O–H groups in total. The van der Waals surface area contributed by atoms with Crippen molar-refractivity contribution in [1.82, 2.24) is 0 Å². The first kappa shape index (κ1) is 20.8. The lowest BCUT2D eigenvalue weighted by Gasteiger charge is -2.22. The third kappa shape index (κ3) is 12.5. The van der Waals surface area contributed by atoms with Crippen molar-refractivity contribution < 1.29 is 9.47 Å². The van der Waals surface area contributed by atoms with E-state index < -0.39 is 0 Å². The molecule has 4 heteroatoms. The van der Waals surface area contributed by atoms with Crippen LogP contribution in [0, 0.1) is 0 Å². The van der Waals surface area contributed by atoms with Crippen molar-refractivity contribution in [3.8, 4) is 0 Å². The van der Waals surface area contributed by atoms with Crippen LogP contribution in [-0.2, 0) is 9.47 Å². The number of rotatable bonds is 15. The minimum absolute atomic E-state index is 0.216. The van der Waals surface area contributed by atoms with Gasteiger partial charge in [-0.3, -0.25) is 0 Å². The summed E-state index contributed by atoms with van der Waals surface area (Å²) in [4.78, 5) is 0. The largest absolute Gasteiger partial charge is 0.381 e. The SMILES string of the molecule is CCCP(CCOCC)C[14CH2]P(CCC)CCOCC. The van der Waals surface area contributed by atoms with Gasteiger partial charge in [-0.1, -0.05) is 26.7 Å². The van der Waals surface area contributed by atoms with E-state index in [0.717, 1.165) is 26.4 Å². The Morgan fingerprint density at radius 2 is 1.35 bits per heavy atom. The molecule has 0 fully saturated rings. The van der Waals surface area contributed by atoms with Crippen LogP contribution in [-0.4, -0.2) is 63.4 Å². The highest BCUT2D eigenvalue weighted by Crippen LogP contribution is 2.43. The number of hydrogen-bond donors (Lipinski definition) is 0. The van der Waals surface area contributed by atoms with Gasteiger partial charge < -0.3 is 9.47 Å².